The predicted octanol–water partition coefficient (Wildman–Crippen LogP) is 3.57. The highest BCUT2D eigenvalue weighted by atomic mass is 35.5. The largest absolute Gasteiger partial charge is 0.390 e. The molecule has 142 valence electrons. The lowest BCUT2D eigenvalue weighted by Crippen LogP contribution is -2.17. The Hall–Kier alpha value is -3.52. The van der Waals surface area contributed by atoms with Gasteiger partial charge in [-0.3, -0.25) is 4.79 Å². The fourth-order valence-electron chi connectivity index (χ4n) is 2.46. The predicted molar refractivity (Wildman–Crippen MR) is 106 cm³/mol. The van der Waals surface area contributed by atoms with Crippen molar-refractivity contribution < 1.29 is 9.72 Å². The van der Waals surface area contributed by atoms with Crippen LogP contribution < -0.4 is 5.43 Å². The SMILES string of the molecule is Cc1cc([N+](=O)[O-])nn1Cc1ccc(C(=O)N/N=C/c2ccc(Cl)cc2)cc1. The fourth-order valence-corrected chi connectivity index (χ4v) is 2.58. The lowest BCUT2D eigenvalue weighted by atomic mass is 10.1. The number of aryl methyl sites for hydroxylation is 1. The van der Waals surface area contributed by atoms with Crippen molar-refractivity contribution >= 4 is 29.5 Å². The first-order chi connectivity index (χ1) is 13.4. The number of nitrogens with one attached hydrogen (secondary N) is 1. The first-order valence-electron chi connectivity index (χ1n) is 8.29. The molecule has 9 heteroatoms. The zero-order valence-electron chi connectivity index (χ0n) is 14.9. The van der Waals surface area contributed by atoms with Crippen LogP contribution in [0, 0.1) is 17.0 Å². The molecule has 2 aromatic carbocycles. The maximum Gasteiger partial charge on any atom is 0.390 e. The summed E-state index contributed by atoms with van der Waals surface area (Å²) in [6, 6.07) is 15.3. The van der Waals surface area contributed by atoms with Gasteiger partial charge in [-0.2, -0.15) is 9.78 Å². The van der Waals surface area contributed by atoms with E-state index in [1.165, 1.54) is 12.3 Å². The van der Waals surface area contributed by atoms with E-state index in [9.17, 15) is 14.9 Å². The molecule has 0 spiro atoms. The summed E-state index contributed by atoms with van der Waals surface area (Å²) < 4.78 is 1.55. The van der Waals surface area contributed by atoms with E-state index in [0.717, 1.165) is 11.1 Å². The van der Waals surface area contributed by atoms with Gasteiger partial charge in [0.25, 0.3) is 5.91 Å². The Kier molecular flexibility index (Phi) is 5.81. The second kappa shape index (κ2) is 8.45. The van der Waals surface area contributed by atoms with Crippen LogP contribution in [0.5, 0.6) is 0 Å². The Morgan fingerprint density at radius 2 is 1.93 bits per heavy atom. The van der Waals surface area contributed by atoms with Crippen molar-refractivity contribution in [1.29, 1.82) is 0 Å². The average Bonchev–Trinajstić information content (AvgIpc) is 3.05. The van der Waals surface area contributed by atoms with E-state index >= 15 is 0 Å². The first kappa shape index (κ1) is 19.2. The zero-order chi connectivity index (χ0) is 20.1. The van der Waals surface area contributed by atoms with Gasteiger partial charge in [0.05, 0.1) is 29.6 Å². The van der Waals surface area contributed by atoms with E-state index in [0.29, 0.717) is 22.8 Å². The van der Waals surface area contributed by atoms with Crippen LogP contribution in [0.25, 0.3) is 0 Å². The molecule has 0 aliphatic heterocycles. The smallest absolute Gasteiger partial charge is 0.358 e. The molecule has 1 aromatic heterocycles. The molecule has 3 rings (SSSR count). The molecule has 0 bridgehead atoms. The maximum atomic E-state index is 12.2. The minimum Gasteiger partial charge on any atom is -0.358 e. The van der Waals surface area contributed by atoms with Gasteiger partial charge in [0.1, 0.15) is 0 Å². The lowest BCUT2D eigenvalue weighted by molar-refractivity contribution is -0.389. The number of carbonyl (C=O) groups is 1. The van der Waals surface area contributed by atoms with Crippen molar-refractivity contribution in [3.05, 3.63) is 92.1 Å². The number of halogens is 1. The van der Waals surface area contributed by atoms with Crippen LogP contribution in [0.4, 0.5) is 5.82 Å². The van der Waals surface area contributed by atoms with Crippen molar-refractivity contribution in [1.82, 2.24) is 15.2 Å². The third-order valence-corrected chi connectivity index (χ3v) is 4.21. The minimum atomic E-state index is -0.526. The lowest BCUT2D eigenvalue weighted by Gasteiger charge is -2.03. The third kappa shape index (κ3) is 4.80. The summed E-state index contributed by atoms with van der Waals surface area (Å²) in [5.41, 5.74) is 5.26. The van der Waals surface area contributed by atoms with Gasteiger partial charge < -0.3 is 10.1 Å². The number of amides is 1. The number of benzene rings is 2. The van der Waals surface area contributed by atoms with Gasteiger partial charge in [-0.25, -0.2) is 5.43 Å². The number of rotatable bonds is 6. The van der Waals surface area contributed by atoms with Gasteiger partial charge in [-0.05, 0) is 47.2 Å². The van der Waals surface area contributed by atoms with Crippen LogP contribution in [0.15, 0.2) is 59.7 Å². The molecule has 0 aliphatic rings. The molecular weight excluding hydrogens is 382 g/mol. The van der Waals surface area contributed by atoms with Crippen LogP contribution in [-0.4, -0.2) is 26.8 Å². The normalized spacial score (nSPS) is 10.9. The van der Waals surface area contributed by atoms with Gasteiger partial charge in [0, 0.05) is 10.6 Å². The summed E-state index contributed by atoms with van der Waals surface area (Å²) in [6.45, 7) is 2.12. The molecule has 0 fully saturated rings. The van der Waals surface area contributed by atoms with E-state index in [-0.39, 0.29) is 11.7 Å². The van der Waals surface area contributed by atoms with Crippen molar-refractivity contribution in [2.45, 2.75) is 13.5 Å². The quantitative estimate of drug-likeness (QED) is 0.390. The topological polar surface area (TPSA) is 102 Å². The van der Waals surface area contributed by atoms with Crippen LogP contribution >= 0.6 is 11.6 Å². The molecule has 8 nitrogen and oxygen atoms in total. The Bertz CT molecular complexity index is 1030. The fraction of sp³-hybridized carbons (Fsp3) is 0.105. The number of nitro groups is 1. The molecule has 3 aromatic rings. The van der Waals surface area contributed by atoms with Crippen molar-refractivity contribution in [3.8, 4) is 0 Å². The Labute approximate surface area is 165 Å². The Morgan fingerprint density at radius 3 is 2.54 bits per heavy atom. The minimum absolute atomic E-state index is 0.188. The number of nitrogens with zero attached hydrogens (tertiary/aromatic N) is 4. The molecule has 1 amide bonds. The van der Waals surface area contributed by atoms with Crippen LogP contribution in [0.1, 0.15) is 27.2 Å². The van der Waals surface area contributed by atoms with Crippen LogP contribution in [0.2, 0.25) is 5.02 Å². The number of aromatic nitrogens is 2. The Balaban J connectivity index is 1.61. The number of hydrazone groups is 1. The number of carbonyl (C=O) groups excluding carboxylic acids is 1. The van der Waals surface area contributed by atoms with E-state index in [4.69, 9.17) is 11.6 Å². The maximum absolute atomic E-state index is 12.2. The van der Waals surface area contributed by atoms with Gasteiger partial charge in [-0.15, -0.1) is 0 Å². The molecular formula is C19H16ClN5O3. The molecule has 0 atom stereocenters. The second-order valence-electron chi connectivity index (χ2n) is 6.01. The van der Waals surface area contributed by atoms with E-state index in [1.54, 1.807) is 60.1 Å². The second-order valence-corrected chi connectivity index (χ2v) is 6.44. The molecule has 0 saturated carbocycles. The van der Waals surface area contributed by atoms with E-state index in [2.05, 4.69) is 15.6 Å². The highest BCUT2D eigenvalue weighted by Gasteiger charge is 2.15. The standard InChI is InChI=1S/C19H16ClN5O3/c1-13-10-18(25(27)28)23-24(13)12-15-2-6-16(7-3-15)19(26)22-21-11-14-4-8-17(20)9-5-14/h2-11H,12H2,1H3,(H,22,26)/b21-11+. The zero-order valence-corrected chi connectivity index (χ0v) is 15.6. The summed E-state index contributed by atoms with van der Waals surface area (Å²) >= 11 is 5.81. The van der Waals surface area contributed by atoms with Gasteiger partial charge in [0.15, 0.2) is 0 Å². The van der Waals surface area contributed by atoms with Crippen molar-refractivity contribution in [3.63, 3.8) is 0 Å². The molecule has 0 unspecified atom stereocenters. The molecule has 28 heavy (non-hydrogen) atoms. The molecule has 0 radical (unpaired) electrons. The molecule has 1 heterocycles. The van der Waals surface area contributed by atoms with Gasteiger partial charge >= 0.3 is 5.82 Å². The highest BCUT2D eigenvalue weighted by Crippen LogP contribution is 2.14. The van der Waals surface area contributed by atoms with Gasteiger partial charge in [-0.1, -0.05) is 35.9 Å². The van der Waals surface area contributed by atoms with Crippen LogP contribution in [0.3, 0.4) is 0 Å². The van der Waals surface area contributed by atoms with Crippen molar-refractivity contribution in [2.24, 2.45) is 5.10 Å². The van der Waals surface area contributed by atoms with E-state index < -0.39 is 4.92 Å². The first-order valence-corrected chi connectivity index (χ1v) is 8.67. The monoisotopic (exact) mass is 397 g/mol. The Morgan fingerprint density at radius 1 is 1.25 bits per heavy atom. The summed E-state index contributed by atoms with van der Waals surface area (Å²) in [6.07, 6.45) is 1.52. The summed E-state index contributed by atoms with van der Waals surface area (Å²) in [7, 11) is 0. The summed E-state index contributed by atoms with van der Waals surface area (Å²) in [5.74, 6) is -0.533. The molecule has 0 aliphatic carbocycles. The highest BCUT2D eigenvalue weighted by molar-refractivity contribution is 6.30. The molecule has 1 N–H and O–H groups in total. The summed E-state index contributed by atoms with van der Waals surface area (Å²) in [4.78, 5) is 22.4. The summed E-state index contributed by atoms with van der Waals surface area (Å²) in [5, 5.41) is 19.3. The van der Waals surface area contributed by atoms with Crippen molar-refractivity contribution in [2.75, 3.05) is 0 Å². The average molecular weight is 398 g/mol. The van der Waals surface area contributed by atoms with E-state index in [1.807, 2.05) is 0 Å². The number of hydrogen-bond acceptors (Lipinski definition) is 5. The van der Waals surface area contributed by atoms with Crippen LogP contribution in [-0.2, 0) is 6.54 Å². The van der Waals surface area contributed by atoms with Gasteiger partial charge in [0.2, 0.25) is 0 Å². The number of hydrogen-bond donors (Lipinski definition) is 1. The third-order valence-electron chi connectivity index (χ3n) is 3.95. The molecule has 0 saturated heterocycles.